The monoisotopic (exact) mass is 275 g/mol. The molecule has 2 fully saturated rings. The third kappa shape index (κ3) is 2.87. The van der Waals surface area contributed by atoms with Crippen molar-refractivity contribution in [1.82, 2.24) is 9.55 Å². The van der Waals surface area contributed by atoms with E-state index < -0.39 is 0 Å². The summed E-state index contributed by atoms with van der Waals surface area (Å²) >= 11 is 0. The molecule has 1 aromatic rings. The fraction of sp³-hybridized carbons (Fsp3) is 0.824. The third-order valence-electron chi connectivity index (χ3n) is 4.80. The van der Waals surface area contributed by atoms with E-state index in [2.05, 4.69) is 18.4 Å². The van der Waals surface area contributed by atoms with Crippen LogP contribution in [0.4, 0.5) is 5.82 Å². The minimum Gasteiger partial charge on any atom is -0.384 e. The minimum absolute atomic E-state index is 0.614. The van der Waals surface area contributed by atoms with Crippen LogP contribution in [-0.4, -0.2) is 9.55 Å². The molecule has 0 bridgehead atoms. The molecule has 2 N–H and O–H groups in total. The van der Waals surface area contributed by atoms with Crippen molar-refractivity contribution in [2.24, 2.45) is 5.92 Å². The highest BCUT2D eigenvalue weighted by Gasteiger charge is 2.32. The maximum absolute atomic E-state index is 6.50. The smallest absolute Gasteiger partial charge is 0.127 e. The lowest BCUT2D eigenvalue weighted by Gasteiger charge is -2.14. The predicted molar refractivity (Wildman–Crippen MR) is 83.9 cm³/mol. The molecule has 1 heterocycles. The summed E-state index contributed by atoms with van der Waals surface area (Å²) in [5.41, 5.74) is 7.73. The molecule has 0 unspecified atom stereocenters. The molecule has 0 amide bonds. The van der Waals surface area contributed by atoms with Crippen molar-refractivity contribution in [3.63, 3.8) is 0 Å². The second-order valence-electron chi connectivity index (χ2n) is 7.21. The van der Waals surface area contributed by atoms with Crippen molar-refractivity contribution in [3.05, 3.63) is 11.5 Å². The van der Waals surface area contributed by atoms with E-state index in [1.165, 1.54) is 62.9 Å². The van der Waals surface area contributed by atoms with Crippen molar-refractivity contribution in [2.45, 2.75) is 83.6 Å². The van der Waals surface area contributed by atoms with Gasteiger partial charge in [0.25, 0.3) is 0 Å². The number of rotatable bonds is 4. The lowest BCUT2D eigenvalue weighted by molar-refractivity contribution is 0.511. The van der Waals surface area contributed by atoms with Crippen molar-refractivity contribution in [1.29, 1.82) is 0 Å². The number of hydrogen-bond acceptors (Lipinski definition) is 2. The average Bonchev–Trinajstić information content (AvgIpc) is 3.21. The summed E-state index contributed by atoms with van der Waals surface area (Å²) in [5, 5.41) is 0. The highest BCUT2D eigenvalue weighted by atomic mass is 15.2. The van der Waals surface area contributed by atoms with Crippen LogP contribution in [0.25, 0.3) is 0 Å². The van der Waals surface area contributed by atoms with E-state index in [1.54, 1.807) is 0 Å². The van der Waals surface area contributed by atoms with Crippen LogP contribution in [-0.2, 0) is 6.54 Å². The van der Waals surface area contributed by atoms with Gasteiger partial charge >= 0.3 is 0 Å². The zero-order chi connectivity index (χ0) is 14.1. The van der Waals surface area contributed by atoms with Crippen LogP contribution in [0.3, 0.4) is 0 Å². The largest absolute Gasteiger partial charge is 0.384 e. The van der Waals surface area contributed by atoms with Crippen molar-refractivity contribution >= 4 is 5.82 Å². The standard InChI is InChI=1S/C17H29N3/c1-12(2)11-20-16(18)15(19-17(20)14-9-10-14)13-7-5-3-4-6-8-13/h12-14H,3-11,18H2,1-2H3. The predicted octanol–water partition coefficient (Wildman–Crippen LogP) is 4.44. The second kappa shape index (κ2) is 5.79. The first-order chi connectivity index (χ1) is 9.66. The van der Waals surface area contributed by atoms with Gasteiger partial charge in [-0.15, -0.1) is 0 Å². The van der Waals surface area contributed by atoms with Gasteiger partial charge in [-0.2, -0.15) is 0 Å². The van der Waals surface area contributed by atoms with Gasteiger partial charge in [0.1, 0.15) is 11.6 Å². The number of imidazole rings is 1. The number of nitrogen functional groups attached to an aromatic ring is 1. The fourth-order valence-corrected chi connectivity index (χ4v) is 3.57. The lowest BCUT2D eigenvalue weighted by atomic mass is 9.96. The van der Waals surface area contributed by atoms with E-state index in [4.69, 9.17) is 10.7 Å². The Bertz CT molecular complexity index is 449. The maximum atomic E-state index is 6.50. The van der Waals surface area contributed by atoms with E-state index >= 15 is 0 Å². The number of anilines is 1. The van der Waals surface area contributed by atoms with Gasteiger partial charge < -0.3 is 10.3 Å². The highest BCUT2D eigenvalue weighted by molar-refractivity contribution is 5.42. The first-order valence-corrected chi connectivity index (χ1v) is 8.52. The Labute approximate surface area is 123 Å². The van der Waals surface area contributed by atoms with E-state index in [9.17, 15) is 0 Å². The van der Waals surface area contributed by atoms with Gasteiger partial charge in [0.15, 0.2) is 0 Å². The van der Waals surface area contributed by atoms with Gasteiger partial charge in [0.05, 0.1) is 5.69 Å². The molecule has 0 aliphatic heterocycles. The molecule has 2 aliphatic rings. The summed E-state index contributed by atoms with van der Waals surface area (Å²) in [6, 6.07) is 0. The summed E-state index contributed by atoms with van der Waals surface area (Å²) in [7, 11) is 0. The first-order valence-electron chi connectivity index (χ1n) is 8.52. The Kier molecular flexibility index (Phi) is 4.04. The SMILES string of the molecule is CC(C)Cn1c(C2CC2)nc(C2CCCCCC2)c1N. The molecule has 0 spiro atoms. The Morgan fingerprint density at radius 2 is 1.70 bits per heavy atom. The summed E-state index contributed by atoms with van der Waals surface area (Å²) < 4.78 is 2.34. The number of nitrogens with zero attached hydrogens (tertiary/aromatic N) is 2. The molecule has 20 heavy (non-hydrogen) atoms. The van der Waals surface area contributed by atoms with Crippen LogP contribution in [0.15, 0.2) is 0 Å². The third-order valence-corrected chi connectivity index (χ3v) is 4.80. The minimum atomic E-state index is 0.614. The van der Waals surface area contributed by atoms with E-state index in [1.807, 2.05) is 0 Å². The van der Waals surface area contributed by atoms with Crippen molar-refractivity contribution in [2.75, 3.05) is 5.73 Å². The summed E-state index contributed by atoms with van der Waals surface area (Å²) in [6.07, 6.45) is 10.6. The molecule has 112 valence electrons. The van der Waals surface area contributed by atoms with Gasteiger partial charge in [-0.1, -0.05) is 39.5 Å². The number of aromatic nitrogens is 2. The molecule has 2 saturated carbocycles. The van der Waals surface area contributed by atoms with Gasteiger partial charge in [-0.05, 0) is 31.6 Å². The van der Waals surface area contributed by atoms with Crippen LogP contribution in [0.2, 0.25) is 0 Å². The average molecular weight is 275 g/mol. The molecule has 2 aliphatic carbocycles. The normalized spacial score (nSPS) is 21.4. The van der Waals surface area contributed by atoms with Gasteiger partial charge in [0.2, 0.25) is 0 Å². The molecular weight excluding hydrogens is 246 g/mol. The molecule has 3 heteroatoms. The van der Waals surface area contributed by atoms with Crippen LogP contribution in [0, 0.1) is 5.92 Å². The van der Waals surface area contributed by atoms with Crippen LogP contribution < -0.4 is 5.73 Å². The van der Waals surface area contributed by atoms with E-state index in [-0.39, 0.29) is 0 Å². The molecule has 3 rings (SSSR count). The summed E-state index contributed by atoms with van der Waals surface area (Å²) in [5.74, 6) is 4.20. The molecule has 1 aromatic heterocycles. The van der Waals surface area contributed by atoms with Gasteiger partial charge in [-0.3, -0.25) is 0 Å². The Hall–Kier alpha value is -0.990. The zero-order valence-corrected chi connectivity index (χ0v) is 13.1. The molecule has 3 nitrogen and oxygen atoms in total. The van der Waals surface area contributed by atoms with Gasteiger partial charge in [-0.25, -0.2) is 4.98 Å². The zero-order valence-electron chi connectivity index (χ0n) is 13.1. The van der Waals surface area contributed by atoms with Crippen LogP contribution in [0.1, 0.15) is 88.6 Å². The van der Waals surface area contributed by atoms with Gasteiger partial charge in [0, 0.05) is 18.4 Å². The van der Waals surface area contributed by atoms with Crippen LogP contribution >= 0.6 is 0 Å². The van der Waals surface area contributed by atoms with Crippen LogP contribution in [0.5, 0.6) is 0 Å². The fourth-order valence-electron chi connectivity index (χ4n) is 3.57. The first kappa shape index (κ1) is 14.0. The molecular formula is C17H29N3. The maximum Gasteiger partial charge on any atom is 0.127 e. The van der Waals surface area contributed by atoms with Crippen molar-refractivity contribution in [3.8, 4) is 0 Å². The summed E-state index contributed by atoms with van der Waals surface area (Å²) in [6.45, 7) is 5.56. The van der Waals surface area contributed by atoms with E-state index in [0.29, 0.717) is 17.8 Å². The second-order valence-corrected chi connectivity index (χ2v) is 7.21. The Morgan fingerprint density at radius 1 is 1.05 bits per heavy atom. The number of nitrogens with two attached hydrogens (primary N) is 1. The Morgan fingerprint density at radius 3 is 2.25 bits per heavy atom. The topological polar surface area (TPSA) is 43.8 Å². The number of hydrogen-bond donors (Lipinski definition) is 1. The molecule has 0 saturated heterocycles. The van der Waals surface area contributed by atoms with Crippen molar-refractivity contribution < 1.29 is 0 Å². The quantitative estimate of drug-likeness (QED) is 0.826. The lowest BCUT2D eigenvalue weighted by Crippen LogP contribution is -2.11. The highest BCUT2D eigenvalue weighted by Crippen LogP contribution is 2.43. The molecule has 0 atom stereocenters. The molecule has 0 aromatic carbocycles. The van der Waals surface area contributed by atoms with E-state index in [0.717, 1.165) is 12.4 Å². The Balaban J connectivity index is 1.89. The molecule has 0 radical (unpaired) electrons. The summed E-state index contributed by atoms with van der Waals surface area (Å²) in [4.78, 5) is 5.03.